The second kappa shape index (κ2) is 7.47. The van der Waals surface area contributed by atoms with Gasteiger partial charge < -0.3 is 10.0 Å². The topological polar surface area (TPSA) is 69.6 Å². The van der Waals surface area contributed by atoms with Gasteiger partial charge in [-0.15, -0.1) is 0 Å². The first-order chi connectivity index (χ1) is 10.2. The number of amides is 1. The summed E-state index contributed by atoms with van der Waals surface area (Å²) >= 11 is 0. The van der Waals surface area contributed by atoms with E-state index in [2.05, 4.69) is 15.1 Å². The van der Waals surface area contributed by atoms with Gasteiger partial charge in [-0.2, -0.15) is 10.2 Å². The first-order valence-corrected chi connectivity index (χ1v) is 7.61. The molecule has 6 heteroatoms. The van der Waals surface area contributed by atoms with Crippen LogP contribution < -0.4 is 0 Å². The minimum absolute atomic E-state index is 0.0516. The minimum atomic E-state index is 0.0516. The molecule has 2 rings (SSSR count). The standard InChI is InChI=1S/C15H24N4O2/c1-3-14-13(11-12(2)16-17-14)15(21)19-6-4-5-18(7-8-19)9-10-20/h11,20H,3-10H2,1-2H3. The maximum Gasteiger partial charge on any atom is 0.255 e. The van der Waals surface area contributed by atoms with E-state index < -0.39 is 0 Å². The normalized spacial score (nSPS) is 16.8. The molecule has 0 bridgehead atoms. The van der Waals surface area contributed by atoms with Gasteiger partial charge >= 0.3 is 0 Å². The summed E-state index contributed by atoms with van der Waals surface area (Å²) in [6.45, 7) is 7.88. The number of aliphatic hydroxyl groups excluding tert-OH is 1. The van der Waals surface area contributed by atoms with Gasteiger partial charge in [0.15, 0.2) is 0 Å². The molecule has 1 saturated heterocycles. The van der Waals surface area contributed by atoms with Crippen molar-refractivity contribution in [3.05, 3.63) is 23.0 Å². The number of carbonyl (C=O) groups excluding carboxylic acids is 1. The van der Waals surface area contributed by atoms with Crippen molar-refractivity contribution in [1.82, 2.24) is 20.0 Å². The zero-order valence-electron chi connectivity index (χ0n) is 12.9. The highest BCUT2D eigenvalue weighted by molar-refractivity contribution is 5.95. The van der Waals surface area contributed by atoms with Crippen LogP contribution in [0.4, 0.5) is 0 Å². The summed E-state index contributed by atoms with van der Waals surface area (Å²) in [5, 5.41) is 17.2. The van der Waals surface area contributed by atoms with Crippen molar-refractivity contribution in [2.75, 3.05) is 39.3 Å². The van der Waals surface area contributed by atoms with Crippen LogP contribution in [0.15, 0.2) is 6.07 Å². The number of carbonyl (C=O) groups is 1. The van der Waals surface area contributed by atoms with Crippen LogP contribution in [0.5, 0.6) is 0 Å². The minimum Gasteiger partial charge on any atom is -0.395 e. The second-order valence-electron chi connectivity index (χ2n) is 5.41. The van der Waals surface area contributed by atoms with Crippen molar-refractivity contribution >= 4 is 5.91 Å². The van der Waals surface area contributed by atoms with Crippen molar-refractivity contribution in [3.8, 4) is 0 Å². The lowest BCUT2D eigenvalue weighted by Gasteiger charge is -2.22. The molecule has 6 nitrogen and oxygen atoms in total. The number of aliphatic hydroxyl groups is 1. The summed E-state index contributed by atoms with van der Waals surface area (Å²) in [6, 6.07) is 1.84. The number of hydrogen-bond donors (Lipinski definition) is 1. The van der Waals surface area contributed by atoms with Crippen LogP contribution >= 0.6 is 0 Å². The molecule has 1 fully saturated rings. The molecule has 2 heterocycles. The molecule has 0 radical (unpaired) electrons. The Labute approximate surface area is 125 Å². The summed E-state index contributed by atoms with van der Waals surface area (Å²) in [5.74, 6) is 0.0516. The Kier molecular flexibility index (Phi) is 5.64. The lowest BCUT2D eigenvalue weighted by molar-refractivity contribution is 0.0758. The summed E-state index contributed by atoms with van der Waals surface area (Å²) in [6.07, 6.45) is 1.64. The molecule has 1 aliphatic heterocycles. The van der Waals surface area contributed by atoms with E-state index in [9.17, 15) is 4.79 Å². The maximum absolute atomic E-state index is 12.7. The Morgan fingerprint density at radius 3 is 2.81 bits per heavy atom. The van der Waals surface area contributed by atoms with Gasteiger partial charge in [0, 0.05) is 26.2 Å². The summed E-state index contributed by atoms with van der Waals surface area (Å²) in [7, 11) is 0. The predicted octanol–water partition coefficient (Wildman–Crippen LogP) is 0.488. The van der Waals surface area contributed by atoms with Gasteiger partial charge in [0.2, 0.25) is 0 Å². The Balaban J connectivity index is 2.11. The van der Waals surface area contributed by atoms with Crippen LogP contribution in [0.2, 0.25) is 0 Å². The summed E-state index contributed by atoms with van der Waals surface area (Å²) < 4.78 is 0. The molecule has 1 aromatic heterocycles. The lowest BCUT2D eigenvalue weighted by Crippen LogP contribution is -2.36. The van der Waals surface area contributed by atoms with Crippen molar-refractivity contribution in [3.63, 3.8) is 0 Å². The Hall–Kier alpha value is -1.53. The Morgan fingerprint density at radius 1 is 1.29 bits per heavy atom. The fraction of sp³-hybridized carbons (Fsp3) is 0.667. The van der Waals surface area contributed by atoms with E-state index in [0.29, 0.717) is 25.1 Å². The number of hydrogen-bond acceptors (Lipinski definition) is 5. The van der Waals surface area contributed by atoms with E-state index in [0.717, 1.165) is 37.4 Å². The molecule has 1 aromatic rings. The van der Waals surface area contributed by atoms with Crippen molar-refractivity contribution in [1.29, 1.82) is 0 Å². The number of nitrogens with zero attached hydrogens (tertiary/aromatic N) is 4. The van der Waals surface area contributed by atoms with Crippen LogP contribution in [0.3, 0.4) is 0 Å². The van der Waals surface area contributed by atoms with Gasteiger partial charge in [-0.1, -0.05) is 6.92 Å². The van der Waals surface area contributed by atoms with E-state index in [1.807, 2.05) is 24.8 Å². The fourth-order valence-corrected chi connectivity index (χ4v) is 2.67. The summed E-state index contributed by atoms with van der Waals surface area (Å²) in [5.41, 5.74) is 2.22. The van der Waals surface area contributed by atoms with Crippen LogP contribution in [-0.2, 0) is 6.42 Å². The predicted molar refractivity (Wildman–Crippen MR) is 80.2 cm³/mol. The third-order valence-corrected chi connectivity index (χ3v) is 3.85. The monoisotopic (exact) mass is 292 g/mol. The molecule has 0 atom stereocenters. The third-order valence-electron chi connectivity index (χ3n) is 3.85. The molecular formula is C15H24N4O2. The molecule has 0 aromatic carbocycles. The van der Waals surface area contributed by atoms with E-state index in [-0.39, 0.29) is 12.5 Å². The lowest BCUT2D eigenvalue weighted by atomic mass is 10.1. The first kappa shape index (κ1) is 15.9. The van der Waals surface area contributed by atoms with Gasteiger partial charge in [0.25, 0.3) is 5.91 Å². The fourth-order valence-electron chi connectivity index (χ4n) is 2.67. The molecular weight excluding hydrogens is 268 g/mol. The van der Waals surface area contributed by atoms with E-state index in [4.69, 9.17) is 5.11 Å². The van der Waals surface area contributed by atoms with E-state index in [1.54, 1.807) is 0 Å². The third kappa shape index (κ3) is 3.98. The number of aromatic nitrogens is 2. The molecule has 116 valence electrons. The molecule has 21 heavy (non-hydrogen) atoms. The smallest absolute Gasteiger partial charge is 0.255 e. The van der Waals surface area contributed by atoms with Gasteiger partial charge in [-0.05, 0) is 32.4 Å². The van der Waals surface area contributed by atoms with Crippen LogP contribution in [-0.4, -0.2) is 70.3 Å². The molecule has 0 spiro atoms. The van der Waals surface area contributed by atoms with Gasteiger partial charge in [-0.3, -0.25) is 9.69 Å². The quantitative estimate of drug-likeness (QED) is 0.874. The number of aryl methyl sites for hydroxylation is 2. The molecule has 1 N–H and O–H groups in total. The number of β-amino-alcohol motifs (C(OH)–C–C–N with tert-alkyl or cyclic N) is 1. The largest absolute Gasteiger partial charge is 0.395 e. The molecule has 1 amide bonds. The zero-order valence-corrected chi connectivity index (χ0v) is 12.9. The molecule has 0 unspecified atom stereocenters. The van der Waals surface area contributed by atoms with Gasteiger partial charge in [-0.25, -0.2) is 0 Å². The van der Waals surface area contributed by atoms with E-state index >= 15 is 0 Å². The number of rotatable bonds is 4. The highest BCUT2D eigenvalue weighted by atomic mass is 16.3. The molecule has 0 saturated carbocycles. The molecule has 1 aliphatic rings. The van der Waals surface area contributed by atoms with Crippen molar-refractivity contribution in [2.45, 2.75) is 26.7 Å². The summed E-state index contributed by atoms with van der Waals surface area (Å²) in [4.78, 5) is 16.8. The van der Waals surface area contributed by atoms with Gasteiger partial charge in [0.05, 0.1) is 23.6 Å². The highest BCUT2D eigenvalue weighted by Gasteiger charge is 2.22. The zero-order chi connectivity index (χ0) is 15.2. The molecule has 0 aliphatic carbocycles. The first-order valence-electron chi connectivity index (χ1n) is 7.61. The van der Waals surface area contributed by atoms with E-state index in [1.165, 1.54) is 0 Å². The highest BCUT2D eigenvalue weighted by Crippen LogP contribution is 2.13. The second-order valence-corrected chi connectivity index (χ2v) is 5.41. The van der Waals surface area contributed by atoms with Crippen LogP contribution in [0, 0.1) is 6.92 Å². The SMILES string of the molecule is CCc1nnc(C)cc1C(=O)N1CCCN(CCO)CC1. The Morgan fingerprint density at radius 2 is 2.10 bits per heavy atom. The van der Waals surface area contributed by atoms with Crippen molar-refractivity contribution in [2.24, 2.45) is 0 Å². The van der Waals surface area contributed by atoms with Crippen LogP contribution in [0.1, 0.15) is 35.1 Å². The van der Waals surface area contributed by atoms with Gasteiger partial charge in [0.1, 0.15) is 0 Å². The van der Waals surface area contributed by atoms with Crippen LogP contribution in [0.25, 0.3) is 0 Å². The van der Waals surface area contributed by atoms with Crippen molar-refractivity contribution < 1.29 is 9.90 Å². The average Bonchev–Trinajstić information content (AvgIpc) is 2.72. The maximum atomic E-state index is 12.7. The Bertz CT molecular complexity index is 493. The average molecular weight is 292 g/mol.